The van der Waals surface area contributed by atoms with Gasteiger partial charge in [-0.25, -0.2) is 4.98 Å². The molecule has 2 fully saturated rings. The molecule has 0 spiro atoms. The minimum Gasteiger partial charge on any atom is -0.334 e. The van der Waals surface area contributed by atoms with Gasteiger partial charge in [0.25, 0.3) is 5.91 Å². The normalized spacial score (nSPS) is 23.1. The lowest BCUT2D eigenvalue weighted by molar-refractivity contribution is 0.0222. The zero-order chi connectivity index (χ0) is 19.3. The van der Waals surface area contributed by atoms with Crippen LogP contribution in [0.2, 0.25) is 0 Å². The minimum absolute atomic E-state index is 0.128. The number of carbonyl (C=O) groups excluding carboxylic acids is 1. The molecule has 2 aliphatic heterocycles. The van der Waals surface area contributed by atoms with Crippen molar-refractivity contribution in [2.45, 2.75) is 29.6 Å². The van der Waals surface area contributed by atoms with Crippen LogP contribution in [0, 0.1) is 5.92 Å². The van der Waals surface area contributed by atoms with Crippen molar-refractivity contribution in [1.82, 2.24) is 14.8 Å². The Balaban J connectivity index is 1.36. The Bertz CT molecular complexity index is 820. The number of fused-ring (bicyclic) bond motifs is 1. The van der Waals surface area contributed by atoms with Gasteiger partial charge in [0.05, 0.1) is 0 Å². The molecule has 4 rings (SSSR count). The maximum absolute atomic E-state index is 13.0. The van der Waals surface area contributed by atoms with Gasteiger partial charge in [-0.3, -0.25) is 9.69 Å². The number of piperidine rings is 2. The second-order valence-electron chi connectivity index (χ2n) is 7.53. The summed E-state index contributed by atoms with van der Waals surface area (Å²) >= 11 is 3.17. The maximum Gasteiger partial charge on any atom is 0.273 e. The van der Waals surface area contributed by atoms with E-state index >= 15 is 0 Å². The largest absolute Gasteiger partial charge is 0.334 e. The molecule has 6 heteroatoms. The fourth-order valence-electron chi connectivity index (χ4n) is 4.40. The smallest absolute Gasteiger partial charge is 0.273 e. The lowest BCUT2D eigenvalue weighted by Crippen LogP contribution is -2.55. The lowest BCUT2D eigenvalue weighted by Gasteiger charge is -2.47. The first-order chi connectivity index (χ1) is 13.7. The van der Waals surface area contributed by atoms with Crippen LogP contribution in [-0.4, -0.2) is 59.2 Å². The van der Waals surface area contributed by atoms with Crippen LogP contribution in [-0.2, 0) is 0 Å². The van der Waals surface area contributed by atoms with E-state index in [1.54, 1.807) is 23.1 Å². The first-order valence-corrected chi connectivity index (χ1v) is 12.1. The molecule has 0 bridgehead atoms. The van der Waals surface area contributed by atoms with E-state index in [1.807, 2.05) is 17.7 Å². The van der Waals surface area contributed by atoms with Crippen molar-refractivity contribution in [3.63, 3.8) is 0 Å². The number of nitrogens with zero attached hydrogens (tertiary/aromatic N) is 3. The third-order valence-corrected chi connectivity index (χ3v) is 7.63. The maximum atomic E-state index is 13.0. The number of hydrogen-bond donors (Lipinski definition) is 0. The van der Waals surface area contributed by atoms with E-state index in [4.69, 9.17) is 0 Å². The van der Waals surface area contributed by atoms with Crippen molar-refractivity contribution < 1.29 is 4.79 Å². The van der Waals surface area contributed by atoms with Gasteiger partial charge in [-0.05, 0) is 37.0 Å². The second-order valence-corrected chi connectivity index (χ2v) is 9.44. The van der Waals surface area contributed by atoms with Crippen molar-refractivity contribution in [2.75, 3.05) is 32.4 Å². The molecule has 3 heterocycles. The first kappa shape index (κ1) is 19.7. The van der Waals surface area contributed by atoms with Gasteiger partial charge >= 0.3 is 0 Å². The molecule has 4 nitrogen and oxygen atoms in total. The minimum atomic E-state index is 0.128. The highest BCUT2D eigenvalue weighted by molar-refractivity contribution is 8.00. The number of aromatic nitrogens is 1. The van der Waals surface area contributed by atoms with Crippen molar-refractivity contribution in [2.24, 2.45) is 5.92 Å². The zero-order valence-corrected chi connectivity index (χ0v) is 17.9. The van der Waals surface area contributed by atoms with Crippen LogP contribution in [0.4, 0.5) is 0 Å². The third-order valence-electron chi connectivity index (χ3n) is 5.76. The SMILES string of the molecule is CSc1nc(C(=O)N2CCC[C@@H]3CN(CC=Cc4ccccc4)CC[C@H]32)cs1. The number of benzene rings is 1. The van der Waals surface area contributed by atoms with Crippen LogP contribution < -0.4 is 0 Å². The Morgan fingerprint density at radius 3 is 2.93 bits per heavy atom. The molecule has 1 aromatic carbocycles. The summed E-state index contributed by atoms with van der Waals surface area (Å²) in [5, 5.41) is 1.92. The summed E-state index contributed by atoms with van der Waals surface area (Å²) in [5.41, 5.74) is 1.88. The van der Waals surface area contributed by atoms with Crippen LogP contribution in [0.1, 0.15) is 35.3 Å². The molecule has 28 heavy (non-hydrogen) atoms. The van der Waals surface area contributed by atoms with Crippen molar-refractivity contribution in [3.8, 4) is 0 Å². The Kier molecular flexibility index (Phi) is 6.50. The number of likely N-dealkylation sites (tertiary alicyclic amines) is 2. The molecule has 0 unspecified atom stereocenters. The van der Waals surface area contributed by atoms with Gasteiger partial charge in [-0.1, -0.05) is 54.2 Å². The Hall–Kier alpha value is -1.63. The summed E-state index contributed by atoms with van der Waals surface area (Å²) in [4.78, 5) is 22.2. The van der Waals surface area contributed by atoms with E-state index in [2.05, 4.69) is 51.2 Å². The van der Waals surface area contributed by atoms with Crippen LogP contribution >= 0.6 is 23.1 Å². The highest BCUT2D eigenvalue weighted by Gasteiger charge is 2.38. The molecular weight excluding hydrogens is 386 g/mol. The molecule has 1 amide bonds. The van der Waals surface area contributed by atoms with Crippen molar-refractivity contribution in [1.29, 1.82) is 0 Å². The van der Waals surface area contributed by atoms with Crippen molar-refractivity contribution >= 4 is 35.1 Å². The predicted molar refractivity (Wildman–Crippen MR) is 118 cm³/mol. The van der Waals surface area contributed by atoms with Crippen LogP contribution in [0.3, 0.4) is 0 Å². The molecule has 2 aromatic rings. The molecular formula is C22H27N3OS2. The Morgan fingerprint density at radius 1 is 1.29 bits per heavy atom. The molecule has 0 aliphatic carbocycles. The number of thioether (sulfide) groups is 1. The van der Waals surface area contributed by atoms with E-state index in [0.29, 0.717) is 17.7 Å². The van der Waals surface area contributed by atoms with Crippen molar-refractivity contribution in [3.05, 3.63) is 53.0 Å². The summed E-state index contributed by atoms with van der Waals surface area (Å²) < 4.78 is 0.969. The van der Waals surface area contributed by atoms with E-state index < -0.39 is 0 Å². The van der Waals surface area contributed by atoms with Gasteiger partial charge < -0.3 is 4.90 Å². The fourth-order valence-corrected chi connectivity index (χ4v) is 5.63. The molecule has 0 saturated carbocycles. The number of thiazole rings is 1. The van der Waals surface area contributed by atoms with Crippen LogP contribution in [0.15, 0.2) is 46.1 Å². The average Bonchev–Trinajstić information content (AvgIpc) is 3.23. The number of hydrogen-bond acceptors (Lipinski definition) is 5. The molecule has 2 atom stereocenters. The highest BCUT2D eigenvalue weighted by Crippen LogP contribution is 2.32. The van der Waals surface area contributed by atoms with E-state index in [0.717, 1.165) is 43.4 Å². The van der Waals surface area contributed by atoms with E-state index in [9.17, 15) is 4.79 Å². The molecule has 0 N–H and O–H groups in total. The molecule has 2 saturated heterocycles. The standard InChI is InChI=1S/C22H27N3OS2/c1-27-22-23-19(16-28-22)21(26)25-13-6-10-18-15-24(14-11-20(18)25)12-5-9-17-7-3-2-4-8-17/h2-5,7-9,16,18,20H,6,10-15H2,1H3/t18-,20-/m1/s1. The summed E-state index contributed by atoms with van der Waals surface area (Å²) in [5.74, 6) is 0.707. The van der Waals surface area contributed by atoms with Crippen LogP contribution in [0.25, 0.3) is 6.08 Å². The van der Waals surface area contributed by atoms with Gasteiger partial charge in [0.15, 0.2) is 0 Å². The summed E-state index contributed by atoms with van der Waals surface area (Å²) in [7, 11) is 0. The van der Waals surface area contributed by atoms with Gasteiger partial charge in [0.1, 0.15) is 10.0 Å². The van der Waals surface area contributed by atoms with Gasteiger partial charge in [0, 0.05) is 37.6 Å². The Labute approximate surface area is 175 Å². The molecule has 1 aromatic heterocycles. The predicted octanol–water partition coefficient (Wildman–Crippen LogP) is 4.50. The highest BCUT2D eigenvalue weighted by atomic mass is 32.2. The average molecular weight is 414 g/mol. The van der Waals surface area contributed by atoms with E-state index in [1.165, 1.54) is 12.0 Å². The monoisotopic (exact) mass is 413 g/mol. The zero-order valence-electron chi connectivity index (χ0n) is 16.3. The Morgan fingerprint density at radius 2 is 2.14 bits per heavy atom. The number of carbonyl (C=O) groups is 1. The first-order valence-electron chi connectivity index (χ1n) is 9.99. The topological polar surface area (TPSA) is 36.4 Å². The third kappa shape index (κ3) is 4.50. The summed E-state index contributed by atoms with van der Waals surface area (Å²) in [6.45, 7) is 3.99. The van der Waals surface area contributed by atoms with Gasteiger partial charge in [-0.2, -0.15) is 0 Å². The molecule has 148 valence electrons. The van der Waals surface area contributed by atoms with E-state index in [-0.39, 0.29) is 5.91 Å². The molecule has 0 radical (unpaired) electrons. The molecule has 2 aliphatic rings. The van der Waals surface area contributed by atoms with Gasteiger partial charge in [-0.15, -0.1) is 11.3 Å². The number of rotatable bonds is 5. The van der Waals surface area contributed by atoms with Crippen LogP contribution in [0.5, 0.6) is 0 Å². The lowest BCUT2D eigenvalue weighted by atomic mass is 9.83. The fraction of sp³-hybridized carbons (Fsp3) is 0.455. The number of amides is 1. The second kappa shape index (κ2) is 9.25. The quantitative estimate of drug-likeness (QED) is 0.676. The summed E-state index contributed by atoms with van der Waals surface area (Å²) in [6.07, 6.45) is 9.86. The summed E-state index contributed by atoms with van der Waals surface area (Å²) in [6, 6.07) is 10.8. The van der Waals surface area contributed by atoms with Gasteiger partial charge in [0.2, 0.25) is 0 Å².